The van der Waals surface area contributed by atoms with Gasteiger partial charge in [0.05, 0.1) is 5.75 Å². The highest BCUT2D eigenvalue weighted by atomic mass is 32.2. The van der Waals surface area contributed by atoms with Crippen LogP contribution in [-0.2, 0) is 10.0 Å². The lowest BCUT2D eigenvalue weighted by Gasteiger charge is -2.26. The Hall–Kier alpha value is -0.340. The van der Waals surface area contributed by atoms with Crippen LogP contribution >= 0.6 is 0 Å². The minimum atomic E-state index is -4.59. The van der Waals surface area contributed by atoms with E-state index < -0.39 is 28.8 Å². The van der Waals surface area contributed by atoms with Gasteiger partial charge in [-0.2, -0.15) is 17.5 Å². The van der Waals surface area contributed by atoms with E-state index >= 15 is 0 Å². The first kappa shape index (κ1) is 11.7. The molecule has 1 fully saturated rings. The van der Waals surface area contributed by atoms with E-state index in [1.54, 1.807) is 0 Å². The van der Waals surface area contributed by atoms with E-state index in [-0.39, 0.29) is 18.7 Å². The van der Waals surface area contributed by atoms with Crippen LogP contribution in [0.25, 0.3) is 0 Å². The molecule has 0 saturated carbocycles. The third kappa shape index (κ3) is 2.18. The zero-order valence-electron chi connectivity index (χ0n) is 7.29. The molecule has 0 spiro atoms. The van der Waals surface area contributed by atoms with Gasteiger partial charge < -0.3 is 5.73 Å². The molecule has 0 aromatic carbocycles. The lowest BCUT2D eigenvalue weighted by molar-refractivity contribution is -0.167. The van der Waals surface area contributed by atoms with Crippen molar-refractivity contribution in [3.05, 3.63) is 0 Å². The standard InChI is InChI=1S/C6H11F3N2O2S/c7-6(8,9)5(4-10)11-2-1-3-14(11,12)13/h5H,1-4,10H2. The number of hydrogen-bond donors (Lipinski definition) is 1. The molecule has 0 aromatic heterocycles. The Kier molecular flexibility index (Phi) is 3.07. The van der Waals surface area contributed by atoms with Gasteiger partial charge >= 0.3 is 6.18 Å². The Balaban J connectivity index is 2.91. The number of sulfonamides is 1. The summed E-state index contributed by atoms with van der Waals surface area (Å²) < 4.78 is 59.8. The Labute approximate surface area is 79.9 Å². The molecule has 1 atom stereocenters. The van der Waals surface area contributed by atoms with Crippen LogP contribution in [0.2, 0.25) is 0 Å². The average molecular weight is 232 g/mol. The van der Waals surface area contributed by atoms with Crippen LogP contribution in [0.5, 0.6) is 0 Å². The van der Waals surface area contributed by atoms with Gasteiger partial charge in [-0.3, -0.25) is 0 Å². The minimum absolute atomic E-state index is 0.0935. The van der Waals surface area contributed by atoms with Crippen molar-refractivity contribution in [2.24, 2.45) is 5.73 Å². The Morgan fingerprint density at radius 2 is 2.00 bits per heavy atom. The molecule has 2 N–H and O–H groups in total. The van der Waals surface area contributed by atoms with Crippen molar-refractivity contribution in [1.82, 2.24) is 4.31 Å². The largest absolute Gasteiger partial charge is 0.406 e. The van der Waals surface area contributed by atoms with Gasteiger partial charge in [-0.15, -0.1) is 0 Å². The molecule has 1 aliphatic rings. The Morgan fingerprint density at radius 3 is 2.29 bits per heavy atom. The van der Waals surface area contributed by atoms with Gasteiger partial charge in [0.25, 0.3) is 0 Å². The second-order valence-corrected chi connectivity index (χ2v) is 5.11. The number of hydrogen-bond acceptors (Lipinski definition) is 3. The zero-order valence-corrected chi connectivity index (χ0v) is 8.11. The van der Waals surface area contributed by atoms with Crippen LogP contribution in [0.4, 0.5) is 13.2 Å². The fourth-order valence-electron chi connectivity index (χ4n) is 1.42. The van der Waals surface area contributed by atoms with Crippen LogP contribution in [0, 0.1) is 0 Å². The number of rotatable bonds is 2. The SMILES string of the molecule is NCC(N1CCCS1(=O)=O)C(F)(F)F. The van der Waals surface area contributed by atoms with E-state index in [1.807, 2.05) is 0 Å². The summed E-state index contributed by atoms with van der Waals surface area (Å²) >= 11 is 0. The van der Waals surface area contributed by atoms with Crippen molar-refractivity contribution in [2.45, 2.75) is 18.6 Å². The van der Waals surface area contributed by atoms with Crippen molar-refractivity contribution in [3.8, 4) is 0 Å². The molecule has 84 valence electrons. The lowest BCUT2D eigenvalue weighted by atomic mass is 10.3. The molecule has 14 heavy (non-hydrogen) atoms. The molecule has 1 heterocycles. The van der Waals surface area contributed by atoms with E-state index in [4.69, 9.17) is 5.73 Å². The summed E-state index contributed by atoms with van der Waals surface area (Å²) in [4.78, 5) is 0. The van der Waals surface area contributed by atoms with Crippen molar-refractivity contribution >= 4 is 10.0 Å². The normalized spacial score (nSPS) is 25.1. The van der Waals surface area contributed by atoms with Gasteiger partial charge in [0.15, 0.2) is 0 Å². The van der Waals surface area contributed by atoms with Crippen LogP contribution in [-0.4, -0.2) is 43.8 Å². The van der Waals surface area contributed by atoms with Gasteiger partial charge in [0, 0.05) is 13.1 Å². The highest BCUT2D eigenvalue weighted by Gasteiger charge is 2.48. The van der Waals surface area contributed by atoms with Crippen molar-refractivity contribution < 1.29 is 21.6 Å². The van der Waals surface area contributed by atoms with Gasteiger partial charge in [0.1, 0.15) is 6.04 Å². The summed E-state index contributed by atoms with van der Waals surface area (Å²) in [5, 5.41) is 0. The van der Waals surface area contributed by atoms with E-state index in [9.17, 15) is 21.6 Å². The Morgan fingerprint density at radius 1 is 1.43 bits per heavy atom. The molecular weight excluding hydrogens is 221 g/mol. The third-order valence-electron chi connectivity index (χ3n) is 2.09. The zero-order chi connectivity index (χ0) is 11.0. The van der Waals surface area contributed by atoms with Gasteiger partial charge in [-0.25, -0.2) is 8.42 Å². The van der Waals surface area contributed by atoms with Crippen LogP contribution < -0.4 is 5.73 Å². The first-order valence-corrected chi connectivity index (χ1v) is 5.66. The van der Waals surface area contributed by atoms with Gasteiger partial charge in [-0.1, -0.05) is 0 Å². The maximum atomic E-state index is 12.3. The lowest BCUT2D eigenvalue weighted by Crippen LogP contribution is -2.50. The predicted octanol–water partition coefficient (Wildman–Crippen LogP) is -0.0885. The van der Waals surface area contributed by atoms with Crippen molar-refractivity contribution in [3.63, 3.8) is 0 Å². The van der Waals surface area contributed by atoms with E-state index in [2.05, 4.69) is 0 Å². The van der Waals surface area contributed by atoms with Crippen LogP contribution in [0.15, 0.2) is 0 Å². The monoisotopic (exact) mass is 232 g/mol. The second kappa shape index (κ2) is 3.67. The summed E-state index contributed by atoms with van der Waals surface area (Å²) in [5.41, 5.74) is 4.93. The smallest absolute Gasteiger partial charge is 0.329 e. The third-order valence-corrected chi connectivity index (χ3v) is 4.04. The highest BCUT2D eigenvalue weighted by Crippen LogP contribution is 2.28. The molecule has 0 radical (unpaired) electrons. The van der Waals surface area contributed by atoms with Gasteiger partial charge in [0.2, 0.25) is 10.0 Å². The molecule has 0 amide bonds. The average Bonchev–Trinajstić information content (AvgIpc) is 2.30. The fraction of sp³-hybridized carbons (Fsp3) is 1.00. The molecule has 1 rings (SSSR count). The molecule has 4 nitrogen and oxygen atoms in total. The van der Waals surface area contributed by atoms with Gasteiger partial charge in [-0.05, 0) is 6.42 Å². The summed E-state index contributed by atoms with van der Waals surface area (Å²) in [5.74, 6) is -0.223. The fourth-order valence-corrected chi connectivity index (χ4v) is 3.15. The molecule has 1 unspecified atom stereocenters. The molecular formula is C6H11F3N2O2S. The van der Waals surface area contributed by atoms with Crippen LogP contribution in [0.3, 0.4) is 0 Å². The summed E-state index contributed by atoms with van der Waals surface area (Å²) in [6.07, 6.45) is -4.36. The molecule has 8 heteroatoms. The van der Waals surface area contributed by atoms with Crippen LogP contribution in [0.1, 0.15) is 6.42 Å². The summed E-state index contributed by atoms with van der Waals surface area (Å²) in [7, 11) is -3.75. The molecule has 0 aliphatic carbocycles. The number of nitrogens with zero attached hydrogens (tertiary/aromatic N) is 1. The summed E-state index contributed by atoms with van der Waals surface area (Å²) in [6.45, 7) is -0.827. The van der Waals surface area contributed by atoms with Crippen molar-refractivity contribution in [1.29, 1.82) is 0 Å². The molecule has 1 aliphatic heterocycles. The first-order chi connectivity index (χ1) is 6.29. The number of halogens is 3. The van der Waals surface area contributed by atoms with E-state index in [0.29, 0.717) is 4.31 Å². The maximum Gasteiger partial charge on any atom is 0.406 e. The molecule has 0 aromatic rings. The maximum absolute atomic E-state index is 12.3. The predicted molar refractivity (Wildman–Crippen MR) is 44.0 cm³/mol. The molecule has 0 bridgehead atoms. The second-order valence-electron chi connectivity index (χ2n) is 3.07. The topological polar surface area (TPSA) is 63.4 Å². The quantitative estimate of drug-likeness (QED) is 0.723. The first-order valence-electron chi connectivity index (χ1n) is 4.05. The molecule has 1 saturated heterocycles. The van der Waals surface area contributed by atoms with Crippen molar-refractivity contribution in [2.75, 3.05) is 18.8 Å². The summed E-state index contributed by atoms with van der Waals surface area (Å²) in [6, 6.07) is -2.07. The van der Waals surface area contributed by atoms with E-state index in [0.717, 1.165) is 0 Å². The number of nitrogens with two attached hydrogens (primary N) is 1. The minimum Gasteiger partial charge on any atom is -0.329 e. The number of alkyl halides is 3. The Bertz CT molecular complexity index is 301. The van der Waals surface area contributed by atoms with E-state index in [1.165, 1.54) is 0 Å². The highest BCUT2D eigenvalue weighted by molar-refractivity contribution is 7.89.